The fourth-order valence-electron chi connectivity index (χ4n) is 7.53. The second-order valence-electron chi connectivity index (χ2n) is 12.5. The van der Waals surface area contributed by atoms with Gasteiger partial charge in [-0.1, -0.05) is 98.8 Å². The molecule has 3 nitrogen and oxygen atoms in total. The molecule has 4 aromatic rings. The number of nitrogens with zero attached hydrogens (tertiary/aromatic N) is 1. The highest BCUT2D eigenvalue weighted by molar-refractivity contribution is 6.40. The molecule has 2 atom stereocenters. The van der Waals surface area contributed by atoms with Gasteiger partial charge in [0.2, 0.25) is 0 Å². The first-order valence-corrected chi connectivity index (χ1v) is 14.9. The van der Waals surface area contributed by atoms with Crippen molar-refractivity contribution in [1.29, 1.82) is 0 Å². The molecule has 0 aromatic heterocycles. The molecule has 0 saturated heterocycles. The number of fused-ring (bicyclic) bond motifs is 5. The molecule has 208 valence electrons. The Morgan fingerprint density at radius 2 is 1.37 bits per heavy atom. The monoisotopic (exact) mass is 557 g/mol. The maximum Gasteiger partial charge on any atom is 0.197 e. The average Bonchev–Trinajstić information content (AvgIpc) is 3.24. The molecule has 0 fully saturated rings. The summed E-state index contributed by atoms with van der Waals surface area (Å²) in [6, 6.07) is 28.9. The number of hydrogen-bond donors (Lipinski definition) is 0. The zero-order valence-electron chi connectivity index (χ0n) is 24.5. The third-order valence-corrected chi connectivity index (χ3v) is 9.65. The van der Waals surface area contributed by atoms with Gasteiger partial charge in [0.05, 0.1) is 11.3 Å². The Bertz CT molecular complexity index is 2010. The van der Waals surface area contributed by atoms with Crippen molar-refractivity contribution >= 4 is 33.7 Å². The predicted molar refractivity (Wildman–Crippen MR) is 174 cm³/mol. The van der Waals surface area contributed by atoms with Crippen LogP contribution in [0.4, 0.5) is 11.4 Å². The second kappa shape index (κ2) is 9.24. The number of allylic oxidation sites excluding steroid dienone is 9. The Morgan fingerprint density at radius 1 is 0.744 bits per heavy atom. The molecule has 1 aliphatic heterocycles. The van der Waals surface area contributed by atoms with E-state index in [1.54, 1.807) is 6.08 Å². The van der Waals surface area contributed by atoms with Gasteiger partial charge in [0.15, 0.2) is 11.6 Å². The van der Waals surface area contributed by atoms with Gasteiger partial charge in [-0.05, 0) is 76.4 Å². The summed E-state index contributed by atoms with van der Waals surface area (Å²) in [6.07, 6.45) is 12.9. The van der Waals surface area contributed by atoms with Crippen molar-refractivity contribution in [3.63, 3.8) is 0 Å². The van der Waals surface area contributed by atoms with E-state index in [0.717, 1.165) is 16.3 Å². The minimum absolute atomic E-state index is 0.121. The molecule has 3 heteroatoms. The first kappa shape index (κ1) is 25.7. The summed E-state index contributed by atoms with van der Waals surface area (Å²) < 4.78 is 0. The topological polar surface area (TPSA) is 37.4 Å². The molecular weight excluding hydrogens is 526 g/mol. The summed E-state index contributed by atoms with van der Waals surface area (Å²) in [5.41, 5.74) is 9.51. The molecule has 4 aromatic carbocycles. The molecular formula is C40H31NO2. The zero-order chi connectivity index (χ0) is 29.5. The summed E-state index contributed by atoms with van der Waals surface area (Å²) >= 11 is 0. The molecule has 4 aliphatic rings. The lowest BCUT2D eigenvalue weighted by atomic mass is 9.63. The Labute approximate surface area is 251 Å². The van der Waals surface area contributed by atoms with E-state index in [2.05, 4.69) is 105 Å². The van der Waals surface area contributed by atoms with E-state index in [1.165, 1.54) is 33.8 Å². The van der Waals surface area contributed by atoms with E-state index in [1.807, 2.05) is 36.4 Å². The highest BCUT2D eigenvalue weighted by Gasteiger charge is 2.44. The molecule has 43 heavy (non-hydrogen) atoms. The van der Waals surface area contributed by atoms with Crippen molar-refractivity contribution < 1.29 is 9.59 Å². The number of carbonyl (C=O) groups is 2. The number of para-hydroxylation sites is 2. The lowest BCUT2D eigenvalue weighted by molar-refractivity contribution is 0.0988. The van der Waals surface area contributed by atoms with Crippen LogP contribution in [-0.2, 0) is 5.41 Å². The molecule has 0 bridgehead atoms. The van der Waals surface area contributed by atoms with Gasteiger partial charge in [-0.3, -0.25) is 9.59 Å². The number of hydrogen-bond acceptors (Lipinski definition) is 3. The maximum atomic E-state index is 13.4. The molecule has 0 N–H and O–H groups in total. The van der Waals surface area contributed by atoms with E-state index >= 15 is 0 Å². The smallest absolute Gasteiger partial charge is 0.197 e. The number of Topliss-reactive ketones (excluding diaryl/α,β-unsaturated/α-hetero) is 2. The lowest BCUT2D eigenvalue weighted by Crippen LogP contribution is -2.40. The van der Waals surface area contributed by atoms with Crippen LogP contribution >= 0.6 is 0 Å². The van der Waals surface area contributed by atoms with Crippen LogP contribution in [-0.4, -0.2) is 11.6 Å². The van der Waals surface area contributed by atoms with Gasteiger partial charge in [-0.2, -0.15) is 0 Å². The zero-order valence-corrected chi connectivity index (χ0v) is 24.5. The Kier molecular flexibility index (Phi) is 5.52. The van der Waals surface area contributed by atoms with E-state index in [9.17, 15) is 9.59 Å². The number of anilines is 2. The van der Waals surface area contributed by atoms with Gasteiger partial charge in [0, 0.05) is 39.8 Å². The van der Waals surface area contributed by atoms with Crippen molar-refractivity contribution in [2.75, 3.05) is 4.90 Å². The third-order valence-electron chi connectivity index (χ3n) is 9.65. The summed E-state index contributed by atoms with van der Waals surface area (Å²) in [7, 11) is 0. The fourth-order valence-corrected chi connectivity index (χ4v) is 7.53. The molecule has 0 radical (unpaired) electrons. The standard InChI is InChI=1S/C40H31NO2/c1-24-10-4-8-14-34(24)41-35-15-9-7-13-33(35)40(2,3)37-29-18-16-25(20-28(29)17-19-36(37)41)21-32-38(42)30-22-26-11-5-6-12-27(26)23-31(30)39(32)43/h4-23,28-29H,1-3H3. The number of carbonyl (C=O) groups excluding carboxylic acids is 2. The quantitative estimate of drug-likeness (QED) is 0.182. The van der Waals surface area contributed by atoms with E-state index in [-0.39, 0.29) is 34.4 Å². The van der Waals surface area contributed by atoms with Crippen LogP contribution in [0.15, 0.2) is 144 Å². The summed E-state index contributed by atoms with van der Waals surface area (Å²) in [6.45, 7) is 6.83. The summed E-state index contributed by atoms with van der Waals surface area (Å²) in [4.78, 5) is 29.3. The number of benzene rings is 4. The van der Waals surface area contributed by atoms with E-state index in [4.69, 9.17) is 0 Å². The highest BCUT2D eigenvalue weighted by Crippen LogP contribution is 2.54. The van der Waals surface area contributed by atoms with Crippen LogP contribution in [0.3, 0.4) is 0 Å². The van der Waals surface area contributed by atoms with Crippen molar-refractivity contribution in [2.24, 2.45) is 11.8 Å². The van der Waals surface area contributed by atoms with Crippen LogP contribution in [0.5, 0.6) is 0 Å². The minimum atomic E-state index is -0.190. The summed E-state index contributed by atoms with van der Waals surface area (Å²) in [5, 5.41) is 1.94. The molecule has 0 amide bonds. The number of aryl methyl sites for hydroxylation is 1. The Hall–Kier alpha value is -5.02. The van der Waals surface area contributed by atoms with Crippen LogP contribution in [0.1, 0.15) is 45.7 Å². The molecule has 1 heterocycles. The van der Waals surface area contributed by atoms with Crippen molar-refractivity contribution in [1.82, 2.24) is 0 Å². The first-order valence-electron chi connectivity index (χ1n) is 14.9. The Morgan fingerprint density at radius 3 is 2.07 bits per heavy atom. The second-order valence-corrected chi connectivity index (χ2v) is 12.5. The third kappa shape index (κ3) is 3.74. The van der Waals surface area contributed by atoms with Gasteiger partial charge in [0.1, 0.15) is 0 Å². The van der Waals surface area contributed by atoms with E-state index in [0.29, 0.717) is 11.1 Å². The first-order chi connectivity index (χ1) is 20.8. The van der Waals surface area contributed by atoms with Gasteiger partial charge >= 0.3 is 0 Å². The largest absolute Gasteiger partial charge is 0.310 e. The number of rotatable bonds is 2. The highest BCUT2D eigenvalue weighted by atomic mass is 16.2. The minimum Gasteiger partial charge on any atom is -0.310 e. The predicted octanol–water partition coefficient (Wildman–Crippen LogP) is 9.14. The van der Waals surface area contributed by atoms with Crippen LogP contribution < -0.4 is 4.90 Å². The molecule has 0 saturated carbocycles. The lowest BCUT2D eigenvalue weighted by Gasteiger charge is -2.48. The Balaban J connectivity index is 1.19. The van der Waals surface area contributed by atoms with Gasteiger partial charge in [-0.25, -0.2) is 0 Å². The molecule has 8 rings (SSSR count). The SMILES string of the molecule is Cc1ccccc1N1C2=C(C3C=CC(C=C4C(=O)c5cc6ccccc6cc5C4=O)=CC3C=C2)C(C)(C)c2ccccc21. The van der Waals surface area contributed by atoms with Crippen molar-refractivity contribution in [2.45, 2.75) is 26.2 Å². The fraction of sp³-hybridized carbons (Fsp3) is 0.150. The van der Waals surface area contributed by atoms with Crippen molar-refractivity contribution in [3.05, 3.63) is 166 Å². The van der Waals surface area contributed by atoms with Gasteiger partial charge in [-0.15, -0.1) is 0 Å². The van der Waals surface area contributed by atoms with Crippen LogP contribution in [0.2, 0.25) is 0 Å². The van der Waals surface area contributed by atoms with Crippen LogP contribution in [0, 0.1) is 18.8 Å². The van der Waals surface area contributed by atoms with Crippen molar-refractivity contribution in [3.8, 4) is 0 Å². The molecule has 2 unspecified atom stereocenters. The summed E-state index contributed by atoms with van der Waals surface area (Å²) in [5.74, 6) is -0.0968. The average molecular weight is 558 g/mol. The van der Waals surface area contributed by atoms with Gasteiger partial charge in [0.25, 0.3) is 0 Å². The normalized spacial score (nSPS) is 21.4. The molecule has 3 aliphatic carbocycles. The molecule has 0 spiro atoms. The number of ketones is 2. The van der Waals surface area contributed by atoms with Gasteiger partial charge < -0.3 is 4.90 Å². The maximum absolute atomic E-state index is 13.4. The van der Waals surface area contributed by atoms with Crippen LogP contribution in [0.25, 0.3) is 10.8 Å². The van der Waals surface area contributed by atoms with E-state index < -0.39 is 0 Å².